The molecule has 1 heterocycles. The maximum absolute atomic E-state index is 12.6. The number of anilines is 1. The molecule has 20 heavy (non-hydrogen) atoms. The van der Waals surface area contributed by atoms with E-state index in [2.05, 4.69) is 18.7 Å². The summed E-state index contributed by atoms with van der Waals surface area (Å²) in [7, 11) is -3.47. The average molecular weight is 297 g/mol. The van der Waals surface area contributed by atoms with E-state index in [4.69, 9.17) is 5.73 Å². The first kappa shape index (κ1) is 15.3. The minimum absolute atomic E-state index is 0.222. The zero-order valence-corrected chi connectivity index (χ0v) is 12.9. The Morgan fingerprint density at radius 1 is 1.30 bits per heavy atom. The van der Waals surface area contributed by atoms with Crippen molar-refractivity contribution in [3.05, 3.63) is 24.3 Å². The zero-order valence-electron chi connectivity index (χ0n) is 12.1. The molecule has 2 rings (SSSR count). The Morgan fingerprint density at radius 2 is 1.95 bits per heavy atom. The van der Waals surface area contributed by atoms with Crippen LogP contribution in [0.3, 0.4) is 0 Å². The Labute approximate surface area is 121 Å². The summed E-state index contributed by atoms with van der Waals surface area (Å²) in [5, 5.41) is 0. The molecular weight excluding hydrogens is 274 g/mol. The Balaban J connectivity index is 2.19. The molecule has 6 heteroatoms. The van der Waals surface area contributed by atoms with Crippen LogP contribution in [0.5, 0.6) is 0 Å². The Morgan fingerprint density at radius 3 is 2.55 bits per heavy atom. The van der Waals surface area contributed by atoms with Crippen molar-refractivity contribution >= 4 is 15.7 Å². The lowest BCUT2D eigenvalue weighted by molar-refractivity contribution is 0.224. The molecule has 2 N–H and O–H groups in total. The van der Waals surface area contributed by atoms with Crippen molar-refractivity contribution in [2.24, 2.45) is 0 Å². The summed E-state index contributed by atoms with van der Waals surface area (Å²) in [6.45, 7) is 7.23. The molecule has 112 valence electrons. The molecule has 0 amide bonds. The van der Waals surface area contributed by atoms with Crippen molar-refractivity contribution < 1.29 is 8.42 Å². The predicted octanol–water partition coefficient (Wildman–Crippen LogP) is 1.37. The number of nitrogens with zero attached hydrogens (tertiary/aromatic N) is 2. The lowest BCUT2D eigenvalue weighted by atomic mass is 10.2. The van der Waals surface area contributed by atoms with Gasteiger partial charge in [-0.1, -0.05) is 26.0 Å². The lowest BCUT2D eigenvalue weighted by Crippen LogP contribution is -2.38. The summed E-state index contributed by atoms with van der Waals surface area (Å²) in [5.74, 6) is 0. The van der Waals surface area contributed by atoms with Gasteiger partial charge in [0.2, 0.25) is 10.0 Å². The third-order valence-corrected chi connectivity index (χ3v) is 5.93. The molecule has 0 bridgehead atoms. The number of rotatable bonds is 5. The minimum atomic E-state index is -3.47. The quantitative estimate of drug-likeness (QED) is 0.834. The molecule has 0 aliphatic carbocycles. The third kappa shape index (κ3) is 2.82. The van der Waals surface area contributed by atoms with Crippen molar-refractivity contribution in [1.29, 1.82) is 0 Å². The van der Waals surface area contributed by atoms with Gasteiger partial charge in [0.25, 0.3) is 0 Å². The monoisotopic (exact) mass is 297 g/mol. The average Bonchev–Trinajstić information content (AvgIpc) is 2.91. The fraction of sp³-hybridized carbons (Fsp3) is 0.571. The summed E-state index contributed by atoms with van der Waals surface area (Å²) in [5.41, 5.74) is 6.12. The van der Waals surface area contributed by atoms with Gasteiger partial charge in [-0.2, -0.15) is 4.31 Å². The number of hydrogen-bond acceptors (Lipinski definition) is 4. The van der Waals surface area contributed by atoms with Crippen LogP contribution < -0.4 is 5.73 Å². The van der Waals surface area contributed by atoms with Crippen LogP contribution in [-0.4, -0.2) is 49.8 Å². The van der Waals surface area contributed by atoms with Crippen molar-refractivity contribution in [1.82, 2.24) is 9.21 Å². The van der Waals surface area contributed by atoms with E-state index in [1.165, 1.54) is 0 Å². The first-order valence-corrected chi connectivity index (χ1v) is 8.53. The fourth-order valence-corrected chi connectivity index (χ4v) is 4.43. The van der Waals surface area contributed by atoms with E-state index in [9.17, 15) is 8.42 Å². The minimum Gasteiger partial charge on any atom is -0.398 e. The van der Waals surface area contributed by atoms with Crippen LogP contribution in [0.4, 0.5) is 5.69 Å². The first-order chi connectivity index (χ1) is 9.50. The summed E-state index contributed by atoms with van der Waals surface area (Å²) in [6.07, 6.45) is 0.883. The van der Waals surface area contributed by atoms with E-state index in [0.717, 1.165) is 19.5 Å². The number of para-hydroxylation sites is 1. The topological polar surface area (TPSA) is 66.6 Å². The van der Waals surface area contributed by atoms with E-state index in [1.807, 2.05) is 0 Å². The zero-order chi connectivity index (χ0) is 14.8. The molecule has 1 aromatic carbocycles. The van der Waals surface area contributed by atoms with Gasteiger partial charge in [0.05, 0.1) is 5.69 Å². The first-order valence-electron chi connectivity index (χ1n) is 7.09. The molecule has 1 atom stereocenters. The molecule has 0 radical (unpaired) electrons. The van der Waals surface area contributed by atoms with Crippen LogP contribution in [0, 0.1) is 0 Å². The molecule has 1 aromatic rings. The van der Waals surface area contributed by atoms with Gasteiger partial charge in [-0.15, -0.1) is 0 Å². The van der Waals surface area contributed by atoms with Gasteiger partial charge in [-0.05, 0) is 31.6 Å². The van der Waals surface area contributed by atoms with Gasteiger partial charge < -0.3 is 5.73 Å². The normalized spacial score (nSPS) is 20.6. The van der Waals surface area contributed by atoms with Crippen molar-refractivity contribution in [2.45, 2.75) is 31.2 Å². The van der Waals surface area contributed by atoms with E-state index >= 15 is 0 Å². The van der Waals surface area contributed by atoms with Gasteiger partial charge in [-0.3, -0.25) is 4.90 Å². The molecule has 0 saturated carbocycles. The van der Waals surface area contributed by atoms with Crippen LogP contribution in [0.2, 0.25) is 0 Å². The highest BCUT2D eigenvalue weighted by Gasteiger charge is 2.35. The van der Waals surface area contributed by atoms with E-state index in [1.54, 1.807) is 28.6 Å². The molecule has 1 saturated heterocycles. The van der Waals surface area contributed by atoms with E-state index < -0.39 is 10.0 Å². The van der Waals surface area contributed by atoms with E-state index in [0.29, 0.717) is 24.8 Å². The second kappa shape index (κ2) is 6.11. The number of nitrogen functional groups attached to an aromatic ring is 1. The van der Waals surface area contributed by atoms with Gasteiger partial charge >= 0.3 is 0 Å². The number of sulfonamides is 1. The van der Waals surface area contributed by atoms with Gasteiger partial charge in [0, 0.05) is 19.1 Å². The summed E-state index contributed by atoms with van der Waals surface area (Å²) in [4.78, 5) is 2.53. The van der Waals surface area contributed by atoms with Crippen molar-refractivity contribution in [3.63, 3.8) is 0 Å². The van der Waals surface area contributed by atoms with Crippen molar-refractivity contribution in [3.8, 4) is 0 Å². The Kier molecular flexibility index (Phi) is 4.67. The Hall–Kier alpha value is -1.11. The van der Waals surface area contributed by atoms with Crippen LogP contribution in [-0.2, 0) is 10.0 Å². The smallest absolute Gasteiger partial charge is 0.245 e. The highest BCUT2D eigenvalue weighted by atomic mass is 32.2. The maximum Gasteiger partial charge on any atom is 0.245 e. The molecule has 0 spiro atoms. The van der Waals surface area contributed by atoms with Crippen LogP contribution >= 0.6 is 0 Å². The highest BCUT2D eigenvalue weighted by molar-refractivity contribution is 7.89. The largest absolute Gasteiger partial charge is 0.398 e. The summed E-state index contributed by atoms with van der Waals surface area (Å²) in [6, 6.07) is 6.98. The van der Waals surface area contributed by atoms with Crippen molar-refractivity contribution in [2.75, 3.05) is 31.9 Å². The number of nitrogens with two attached hydrogens (primary N) is 1. The standard InChI is InChI=1S/C14H23N3O2S/c1-3-16(4-2)12-9-10-17(11-12)20(18,19)14-8-6-5-7-13(14)15/h5-8,12H,3-4,9-11,15H2,1-2H3. The van der Waals surface area contributed by atoms with Gasteiger partial charge in [-0.25, -0.2) is 8.42 Å². The number of likely N-dealkylation sites (N-methyl/N-ethyl adjacent to an activating group) is 1. The van der Waals surface area contributed by atoms with E-state index in [-0.39, 0.29) is 4.90 Å². The molecule has 0 aromatic heterocycles. The maximum atomic E-state index is 12.6. The Bertz CT molecular complexity index is 555. The van der Waals surface area contributed by atoms with Gasteiger partial charge in [0.15, 0.2) is 0 Å². The highest BCUT2D eigenvalue weighted by Crippen LogP contribution is 2.26. The van der Waals surface area contributed by atoms with Crippen LogP contribution in [0.25, 0.3) is 0 Å². The lowest BCUT2D eigenvalue weighted by Gasteiger charge is -2.26. The molecule has 1 unspecified atom stereocenters. The predicted molar refractivity (Wildman–Crippen MR) is 80.9 cm³/mol. The van der Waals surface area contributed by atoms with Gasteiger partial charge in [0.1, 0.15) is 4.90 Å². The third-order valence-electron chi connectivity index (χ3n) is 3.99. The molecule has 1 fully saturated rings. The second-order valence-electron chi connectivity index (χ2n) is 5.06. The molecule has 1 aliphatic heterocycles. The molecule has 1 aliphatic rings. The van der Waals surface area contributed by atoms with Crippen LogP contribution in [0.1, 0.15) is 20.3 Å². The molecule has 5 nitrogen and oxygen atoms in total. The number of benzene rings is 1. The fourth-order valence-electron chi connectivity index (χ4n) is 2.82. The summed E-state index contributed by atoms with van der Waals surface area (Å²) >= 11 is 0. The summed E-state index contributed by atoms with van der Waals surface area (Å²) < 4.78 is 26.8. The van der Waals surface area contributed by atoms with Crippen LogP contribution in [0.15, 0.2) is 29.2 Å². The number of hydrogen-bond donors (Lipinski definition) is 1. The second-order valence-corrected chi connectivity index (χ2v) is 6.97. The molecular formula is C14H23N3O2S. The SMILES string of the molecule is CCN(CC)C1CCN(S(=O)(=O)c2ccccc2N)C1.